The molecule has 7 heteroatoms. The number of H-pyrrole nitrogens is 1. The topological polar surface area (TPSA) is 87.9 Å². The Morgan fingerprint density at radius 3 is 2.92 bits per heavy atom. The Balaban J connectivity index is 1.56. The summed E-state index contributed by atoms with van der Waals surface area (Å²) in [4.78, 5) is 26.5. The smallest absolute Gasteiger partial charge is 0.272 e. The zero-order valence-electron chi connectivity index (χ0n) is 14.0. The molecular weight excluding hydrogens is 318 g/mol. The second-order valence-corrected chi connectivity index (χ2v) is 6.25. The minimum Gasteiger partial charge on any atom is -0.340 e. The van der Waals surface area contributed by atoms with Crippen LogP contribution in [0.5, 0.6) is 0 Å². The van der Waals surface area contributed by atoms with Gasteiger partial charge in [-0.15, -0.1) is 0 Å². The lowest BCUT2D eigenvalue weighted by Gasteiger charge is -2.31. The molecule has 1 amide bonds. The SMILES string of the molecule is Cc1nc(C2CCCN(C(=O)c3[nH]cnc3-c3ccccc3)C2)no1. The van der Waals surface area contributed by atoms with Crippen LogP contribution in [-0.2, 0) is 0 Å². The molecule has 4 rings (SSSR count). The summed E-state index contributed by atoms with van der Waals surface area (Å²) in [7, 11) is 0. The molecule has 1 aliphatic heterocycles. The summed E-state index contributed by atoms with van der Waals surface area (Å²) in [6.45, 7) is 3.09. The van der Waals surface area contributed by atoms with Crippen molar-refractivity contribution in [1.82, 2.24) is 25.0 Å². The van der Waals surface area contributed by atoms with Crippen LogP contribution in [0, 0.1) is 6.92 Å². The molecule has 0 bridgehead atoms. The fourth-order valence-electron chi connectivity index (χ4n) is 3.28. The van der Waals surface area contributed by atoms with E-state index in [0.717, 1.165) is 24.9 Å². The minimum absolute atomic E-state index is 0.0405. The molecule has 7 nitrogen and oxygen atoms in total. The van der Waals surface area contributed by atoms with Crippen molar-refractivity contribution in [2.45, 2.75) is 25.7 Å². The Morgan fingerprint density at radius 1 is 1.32 bits per heavy atom. The molecule has 1 fully saturated rings. The highest BCUT2D eigenvalue weighted by Gasteiger charge is 2.30. The molecule has 1 unspecified atom stereocenters. The van der Waals surface area contributed by atoms with Crippen molar-refractivity contribution in [3.8, 4) is 11.3 Å². The highest BCUT2D eigenvalue weighted by Crippen LogP contribution is 2.27. The van der Waals surface area contributed by atoms with E-state index < -0.39 is 0 Å². The molecule has 1 aliphatic rings. The summed E-state index contributed by atoms with van der Waals surface area (Å²) < 4.78 is 5.08. The van der Waals surface area contributed by atoms with E-state index in [4.69, 9.17) is 4.52 Å². The molecule has 3 aromatic rings. The van der Waals surface area contributed by atoms with Gasteiger partial charge in [0.15, 0.2) is 5.82 Å². The summed E-state index contributed by atoms with van der Waals surface area (Å²) in [6, 6.07) is 9.73. The van der Waals surface area contributed by atoms with Crippen LogP contribution >= 0.6 is 0 Å². The van der Waals surface area contributed by atoms with Gasteiger partial charge in [-0.2, -0.15) is 4.98 Å². The molecule has 25 heavy (non-hydrogen) atoms. The average Bonchev–Trinajstić information content (AvgIpc) is 3.31. The Labute approximate surface area is 145 Å². The van der Waals surface area contributed by atoms with Gasteiger partial charge >= 0.3 is 0 Å². The normalized spacial score (nSPS) is 17.6. The maximum atomic E-state index is 13.0. The first-order chi connectivity index (χ1) is 12.2. The molecule has 0 radical (unpaired) electrons. The molecule has 1 atom stereocenters. The highest BCUT2D eigenvalue weighted by atomic mass is 16.5. The summed E-state index contributed by atoms with van der Waals surface area (Å²) in [5.41, 5.74) is 2.13. The molecule has 1 N–H and O–H groups in total. The first kappa shape index (κ1) is 15.6. The summed E-state index contributed by atoms with van der Waals surface area (Å²) in [5.74, 6) is 1.31. The van der Waals surface area contributed by atoms with E-state index in [2.05, 4.69) is 20.1 Å². The molecule has 0 aliphatic carbocycles. The Morgan fingerprint density at radius 2 is 2.16 bits per heavy atom. The number of nitrogens with zero attached hydrogens (tertiary/aromatic N) is 4. The number of rotatable bonds is 3. The van der Waals surface area contributed by atoms with Crippen LogP contribution in [0.3, 0.4) is 0 Å². The van der Waals surface area contributed by atoms with Crippen molar-refractivity contribution < 1.29 is 9.32 Å². The van der Waals surface area contributed by atoms with Gasteiger partial charge in [0, 0.05) is 31.5 Å². The van der Waals surface area contributed by atoms with Gasteiger partial charge in [-0.3, -0.25) is 4.79 Å². The summed E-state index contributed by atoms with van der Waals surface area (Å²) in [6.07, 6.45) is 3.44. The molecule has 1 aromatic carbocycles. The Hall–Kier alpha value is -2.96. The third-order valence-electron chi connectivity index (χ3n) is 4.52. The van der Waals surface area contributed by atoms with Crippen LogP contribution in [0.2, 0.25) is 0 Å². The van der Waals surface area contributed by atoms with Crippen molar-refractivity contribution in [3.05, 3.63) is 54.1 Å². The van der Waals surface area contributed by atoms with Crippen molar-refractivity contribution in [2.75, 3.05) is 13.1 Å². The molecule has 0 saturated carbocycles. The molecule has 128 valence electrons. The number of piperidine rings is 1. The van der Waals surface area contributed by atoms with E-state index >= 15 is 0 Å². The third kappa shape index (κ3) is 3.05. The number of carbonyl (C=O) groups is 1. The first-order valence-electron chi connectivity index (χ1n) is 8.40. The number of aromatic amines is 1. The number of hydrogen-bond donors (Lipinski definition) is 1. The van der Waals surface area contributed by atoms with E-state index in [1.165, 1.54) is 0 Å². The second kappa shape index (κ2) is 6.51. The van der Waals surface area contributed by atoms with Gasteiger partial charge in [-0.25, -0.2) is 4.98 Å². The Kier molecular flexibility index (Phi) is 4.05. The lowest BCUT2D eigenvalue weighted by atomic mass is 9.97. The predicted octanol–water partition coefficient (Wildman–Crippen LogP) is 2.79. The van der Waals surface area contributed by atoms with E-state index in [1.807, 2.05) is 35.2 Å². The molecule has 3 heterocycles. The van der Waals surface area contributed by atoms with Crippen LogP contribution in [0.1, 0.15) is 41.0 Å². The van der Waals surface area contributed by atoms with Gasteiger partial charge in [0.05, 0.1) is 6.33 Å². The van der Waals surface area contributed by atoms with Crippen LogP contribution < -0.4 is 0 Å². The number of aromatic nitrogens is 4. The second-order valence-electron chi connectivity index (χ2n) is 6.25. The first-order valence-corrected chi connectivity index (χ1v) is 8.40. The van der Waals surface area contributed by atoms with Gasteiger partial charge in [-0.05, 0) is 12.8 Å². The standard InChI is InChI=1S/C18H19N5O2/c1-12-21-17(22-25-12)14-8-5-9-23(10-14)18(24)16-15(19-11-20-16)13-6-3-2-4-7-13/h2-4,6-7,11,14H,5,8-10H2,1H3,(H,19,20). The number of imidazole rings is 1. The number of likely N-dealkylation sites (tertiary alicyclic amines) is 1. The average molecular weight is 337 g/mol. The lowest BCUT2D eigenvalue weighted by molar-refractivity contribution is 0.0699. The molecule has 1 saturated heterocycles. The van der Waals surface area contributed by atoms with Gasteiger partial charge in [0.1, 0.15) is 11.4 Å². The van der Waals surface area contributed by atoms with Crippen LogP contribution in [0.4, 0.5) is 0 Å². The van der Waals surface area contributed by atoms with Crippen molar-refractivity contribution in [1.29, 1.82) is 0 Å². The van der Waals surface area contributed by atoms with Crippen LogP contribution in [0.25, 0.3) is 11.3 Å². The Bertz CT molecular complexity index is 870. The van der Waals surface area contributed by atoms with E-state index in [9.17, 15) is 4.79 Å². The predicted molar refractivity (Wildman–Crippen MR) is 90.9 cm³/mol. The fraction of sp³-hybridized carbons (Fsp3) is 0.333. The maximum Gasteiger partial charge on any atom is 0.272 e. The van der Waals surface area contributed by atoms with Gasteiger partial charge in [0.2, 0.25) is 5.89 Å². The van der Waals surface area contributed by atoms with Crippen molar-refractivity contribution in [3.63, 3.8) is 0 Å². The maximum absolute atomic E-state index is 13.0. The summed E-state index contributed by atoms with van der Waals surface area (Å²) in [5, 5.41) is 4.02. The van der Waals surface area contributed by atoms with E-state index in [-0.39, 0.29) is 11.8 Å². The van der Waals surface area contributed by atoms with Crippen molar-refractivity contribution in [2.24, 2.45) is 0 Å². The fourth-order valence-corrected chi connectivity index (χ4v) is 3.28. The molecular formula is C18H19N5O2. The largest absolute Gasteiger partial charge is 0.340 e. The zero-order valence-corrected chi connectivity index (χ0v) is 14.0. The molecule has 2 aromatic heterocycles. The van der Waals surface area contributed by atoms with Gasteiger partial charge in [0.25, 0.3) is 5.91 Å². The highest BCUT2D eigenvalue weighted by molar-refractivity contribution is 5.98. The van der Waals surface area contributed by atoms with E-state index in [1.54, 1.807) is 13.3 Å². The van der Waals surface area contributed by atoms with E-state index in [0.29, 0.717) is 29.6 Å². The minimum atomic E-state index is -0.0405. The van der Waals surface area contributed by atoms with Gasteiger partial charge < -0.3 is 14.4 Å². The quantitative estimate of drug-likeness (QED) is 0.794. The number of aryl methyl sites for hydroxylation is 1. The van der Waals surface area contributed by atoms with Crippen LogP contribution in [-0.4, -0.2) is 44.0 Å². The molecule has 0 spiro atoms. The van der Waals surface area contributed by atoms with Crippen LogP contribution in [0.15, 0.2) is 41.2 Å². The number of hydrogen-bond acceptors (Lipinski definition) is 5. The third-order valence-corrected chi connectivity index (χ3v) is 4.52. The zero-order chi connectivity index (χ0) is 17.2. The number of carbonyl (C=O) groups excluding carboxylic acids is 1. The number of nitrogens with one attached hydrogen (secondary N) is 1. The monoisotopic (exact) mass is 337 g/mol. The van der Waals surface area contributed by atoms with Gasteiger partial charge in [-0.1, -0.05) is 35.5 Å². The number of benzene rings is 1. The lowest BCUT2D eigenvalue weighted by Crippen LogP contribution is -2.39. The van der Waals surface area contributed by atoms with Crippen molar-refractivity contribution >= 4 is 5.91 Å². The number of amides is 1. The summed E-state index contributed by atoms with van der Waals surface area (Å²) >= 11 is 0.